The van der Waals surface area contributed by atoms with Gasteiger partial charge in [0.15, 0.2) is 5.70 Å². The predicted octanol–water partition coefficient (Wildman–Crippen LogP) is 5.05. The summed E-state index contributed by atoms with van der Waals surface area (Å²) in [7, 11) is 0. The van der Waals surface area contributed by atoms with Crippen molar-refractivity contribution in [3.8, 4) is 0 Å². The average molecular weight is 453 g/mol. The molecule has 5 rings (SSSR count). The summed E-state index contributed by atoms with van der Waals surface area (Å²) in [6.07, 6.45) is 5.87. The largest absolute Gasteiger partial charge is 0.401 e. The Bertz CT molecular complexity index is 1110. The van der Waals surface area contributed by atoms with E-state index < -0.39 is 5.97 Å². The van der Waals surface area contributed by atoms with Crippen LogP contribution in [0.4, 0.5) is 0 Å². The van der Waals surface area contributed by atoms with Gasteiger partial charge in [-0.1, -0.05) is 29.8 Å². The molecule has 0 saturated carbocycles. The number of rotatable bonds is 4. The van der Waals surface area contributed by atoms with Gasteiger partial charge in [0.05, 0.1) is 18.1 Å². The van der Waals surface area contributed by atoms with Crippen molar-refractivity contribution in [1.29, 1.82) is 0 Å². The molecule has 31 heavy (non-hydrogen) atoms. The summed E-state index contributed by atoms with van der Waals surface area (Å²) in [6, 6.07) is 11.7. The Morgan fingerprint density at radius 3 is 2.61 bits per heavy atom. The molecule has 0 unspecified atom stereocenters. The van der Waals surface area contributed by atoms with Gasteiger partial charge in [0.2, 0.25) is 5.90 Å². The fourth-order valence-corrected chi connectivity index (χ4v) is 4.80. The maximum absolute atomic E-state index is 12.5. The fourth-order valence-electron chi connectivity index (χ4n) is 4.03. The molecule has 0 radical (unpaired) electrons. The zero-order valence-electron chi connectivity index (χ0n) is 16.8. The summed E-state index contributed by atoms with van der Waals surface area (Å²) < 4.78 is 11.0. The highest BCUT2D eigenvalue weighted by Crippen LogP contribution is 2.37. The summed E-state index contributed by atoms with van der Waals surface area (Å²) in [5.74, 6) is -0.0120. The first-order valence-electron chi connectivity index (χ1n) is 10.3. The first kappa shape index (κ1) is 20.2. The van der Waals surface area contributed by atoms with Gasteiger partial charge >= 0.3 is 5.97 Å². The van der Waals surface area contributed by atoms with E-state index in [9.17, 15) is 4.79 Å². The minimum Gasteiger partial charge on any atom is -0.401 e. The second-order valence-electron chi connectivity index (χ2n) is 7.51. The fraction of sp³-hybridized carbons (Fsp3) is 0.250. The van der Waals surface area contributed by atoms with Gasteiger partial charge in [-0.2, -0.15) is 0 Å². The molecule has 2 aromatic rings. The molecule has 0 amide bonds. The van der Waals surface area contributed by atoms with Crippen LogP contribution in [0.5, 0.6) is 0 Å². The minimum absolute atomic E-state index is 0.358. The second-order valence-corrected chi connectivity index (χ2v) is 8.89. The average Bonchev–Trinajstić information content (AvgIpc) is 3.52. The van der Waals surface area contributed by atoms with Gasteiger partial charge in [-0.05, 0) is 65.3 Å². The van der Waals surface area contributed by atoms with Crippen LogP contribution >= 0.6 is 22.9 Å². The highest BCUT2D eigenvalue weighted by molar-refractivity contribution is 7.12. The highest BCUT2D eigenvalue weighted by atomic mass is 35.5. The van der Waals surface area contributed by atoms with E-state index in [1.807, 2.05) is 47.9 Å². The number of hydrogen-bond acceptors (Lipinski definition) is 6. The highest BCUT2D eigenvalue weighted by Gasteiger charge is 2.29. The number of thiophene rings is 1. The molecular formula is C24H21ClN2O3S. The molecule has 3 aliphatic rings. The molecule has 7 heteroatoms. The van der Waals surface area contributed by atoms with Crippen LogP contribution in [0, 0.1) is 0 Å². The molecule has 1 fully saturated rings. The Labute approximate surface area is 189 Å². The van der Waals surface area contributed by atoms with E-state index in [1.165, 1.54) is 22.6 Å². The zero-order chi connectivity index (χ0) is 21.2. The van der Waals surface area contributed by atoms with Gasteiger partial charge < -0.3 is 14.4 Å². The maximum atomic E-state index is 12.5. The van der Waals surface area contributed by atoms with Crippen molar-refractivity contribution < 1.29 is 14.3 Å². The van der Waals surface area contributed by atoms with Gasteiger partial charge in [-0.25, -0.2) is 9.79 Å². The second kappa shape index (κ2) is 8.83. The van der Waals surface area contributed by atoms with Crippen LogP contribution in [0.2, 0.25) is 5.02 Å². The standard InChI is InChI=1S/C24H21ClN2O3S/c25-19-7-3-16(4-8-19)14-17-5-6-18(22(17)27-9-11-29-12-10-27)15-20-24(28)30-23(26-20)21-2-1-13-31-21/h1-4,7-8,13-15H,5-6,9-12H2/b17-14+,20-15-. The smallest absolute Gasteiger partial charge is 0.363 e. The lowest BCUT2D eigenvalue weighted by Gasteiger charge is -2.31. The van der Waals surface area contributed by atoms with Crippen LogP contribution in [-0.2, 0) is 14.3 Å². The van der Waals surface area contributed by atoms with Crippen molar-refractivity contribution in [2.45, 2.75) is 12.8 Å². The number of carbonyl (C=O) groups is 1. The number of cyclic esters (lactones) is 1. The molecule has 0 spiro atoms. The number of halogens is 1. The molecule has 5 nitrogen and oxygen atoms in total. The summed E-state index contributed by atoms with van der Waals surface area (Å²) in [5, 5.41) is 2.67. The van der Waals surface area contributed by atoms with Crippen LogP contribution in [0.1, 0.15) is 23.3 Å². The summed E-state index contributed by atoms with van der Waals surface area (Å²) >= 11 is 7.55. The molecule has 1 aliphatic carbocycles. The van der Waals surface area contributed by atoms with E-state index in [4.69, 9.17) is 21.1 Å². The summed E-state index contributed by atoms with van der Waals surface area (Å²) in [6.45, 7) is 3.05. The summed E-state index contributed by atoms with van der Waals surface area (Å²) in [4.78, 5) is 20.2. The normalized spacial score (nSPS) is 21.9. The summed E-state index contributed by atoms with van der Waals surface area (Å²) in [5.41, 5.74) is 5.02. The van der Waals surface area contributed by atoms with E-state index in [2.05, 4.69) is 16.0 Å². The lowest BCUT2D eigenvalue weighted by atomic mass is 10.1. The molecule has 1 aromatic carbocycles. The van der Waals surface area contributed by atoms with Gasteiger partial charge in [0.1, 0.15) is 0 Å². The van der Waals surface area contributed by atoms with Gasteiger partial charge in [-0.3, -0.25) is 0 Å². The van der Waals surface area contributed by atoms with Crippen molar-refractivity contribution >= 4 is 40.9 Å². The molecule has 3 heterocycles. The molecule has 0 atom stereocenters. The molecule has 2 aliphatic heterocycles. The number of nitrogens with zero attached hydrogens (tertiary/aromatic N) is 2. The molecule has 1 saturated heterocycles. The van der Waals surface area contributed by atoms with Gasteiger partial charge in [0.25, 0.3) is 0 Å². The molecule has 158 valence electrons. The minimum atomic E-state index is -0.396. The van der Waals surface area contributed by atoms with Crippen LogP contribution in [0.3, 0.4) is 0 Å². The molecule has 0 N–H and O–H groups in total. The first-order chi connectivity index (χ1) is 15.2. The van der Waals surface area contributed by atoms with Crippen molar-refractivity contribution in [2.24, 2.45) is 4.99 Å². The Kier molecular flexibility index (Phi) is 5.76. The van der Waals surface area contributed by atoms with Crippen LogP contribution in [-0.4, -0.2) is 43.1 Å². The van der Waals surface area contributed by atoms with E-state index in [0.29, 0.717) is 24.8 Å². The first-order valence-corrected chi connectivity index (χ1v) is 11.5. The molecule has 0 bridgehead atoms. The zero-order valence-corrected chi connectivity index (χ0v) is 18.4. The van der Waals surface area contributed by atoms with Crippen molar-refractivity contribution in [2.75, 3.05) is 26.3 Å². The predicted molar refractivity (Wildman–Crippen MR) is 123 cm³/mol. The third-order valence-electron chi connectivity index (χ3n) is 5.47. The number of ether oxygens (including phenoxy) is 2. The number of hydrogen-bond donors (Lipinski definition) is 0. The molecule has 1 aromatic heterocycles. The van der Waals surface area contributed by atoms with Crippen molar-refractivity contribution in [3.05, 3.63) is 85.9 Å². The SMILES string of the molecule is O=C1OC(c2cccs2)=N/C1=C\C1=C(N2CCOCC2)C(=C/c2ccc(Cl)cc2)/CC1. The van der Waals surface area contributed by atoms with Gasteiger partial charge in [-0.15, -0.1) is 11.3 Å². The number of benzene rings is 1. The monoisotopic (exact) mass is 452 g/mol. The topological polar surface area (TPSA) is 51.1 Å². The lowest BCUT2D eigenvalue weighted by molar-refractivity contribution is -0.130. The lowest BCUT2D eigenvalue weighted by Crippen LogP contribution is -2.36. The Hall–Kier alpha value is -2.67. The van der Waals surface area contributed by atoms with Crippen LogP contribution in [0.15, 0.2) is 75.4 Å². The number of aliphatic imine (C=N–C) groups is 1. The van der Waals surface area contributed by atoms with Crippen LogP contribution in [0.25, 0.3) is 6.08 Å². The van der Waals surface area contributed by atoms with E-state index >= 15 is 0 Å². The van der Waals surface area contributed by atoms with Crippen molar-refractivity contribution in [1.82, 2.24) is 4.90 Å². The number of morpholine rings is 1. The third kappa shape index (κ3) is 4.37. The van der Waals surface area contributed by atoms with Gasteiger partial charge in [0, 0.05) is 23.8 Å². The number of allylic oxidation sites excluding steroid dienone is 3. The van der Waals surface area contributed by atoms with E-state index in [-0.39, 0.29) is 0 Å². The number of esters is 1. The van der Waals surface area contributed by atoms with E-state index in [0.717, 1.165) is 47.0 Å². The Morgan fingerprint density at radius 1 is 1.06 bits per heavy atom. The maximum Gasteiger partial charge on any atom is 0.363 e. The number of carbonyl (C=O) groups excluding carboxylic acids is 1. The Morgan fingerprint density at radius 2 is 1.87 bits per heavy atom. The third-order valence-corrected chi connectivity index (χ3v) is 6.58. The van der Waals surface area contributed by atoms with Crippen molar-refractivity contribution in [3.63, 3.8) is 0 Å². The molecular weight excluding hydrogens is 432 g/mol. The van der Waals surface area contributed by atoms with Crippen LogP contribution < -0.4 is 0 Å². The van der Waals surface area contributed by atoms with E-state index in [1.54, 1.807) is 0 Å². The Balaban J connectivity index is 1.53. The quantitative estimate of drug-likeness (QED) is 0.481.